The van der Waals surface area contributed by atoms with Crippen molar-refractivity contribution in [2.24, 2.45) is 4.99 Å². The number of unbranched alkanes of at least 4 members (excludes halogenated alkanes) is 3. The first kappa shape index (κ1) is 20.1. The molecule has 1 aromatic rings. The summed E-state index contributed by atoms with van der Waals surface area (Å²) in [4.78, 5) is 7.95. The zero-order valence-corrected chi connectivity index (χ0v) is 14.8. The second kappa shape index (κ2) is 11.7. The van der Waals surface area contributed by atoms with Crippen molar-refractivity contribution >= 4 is 29.9 Å². The van der Waals surface area contributed by atoms with E-state index in [1.165, 1.54) is 31.7 Å². The van der Waals surface area contributed by atoms with Crippen molar-refractivity contribution in [1.29, 1.82) is 0 Å². The molecule has 0 bridgehead atoms. The molecule has 0 atom stereocenters. The van der Waals surface area contributed by atoms with Gasteiger partial charge in [-0.2, -0.15) is 8.78 Å². The molecule has 1 heterocycles. The lowest BCUT2D eigenvalue weighted by atomic mass is 10.2. The van der Waals surface area contributed by atoms with Gasteiger partial charge in [0.15, 0.2) is 5.96 Å². The molecule has 0 radical (unpaired) electrons. The molecule has 0 saturated carbocycles. The zero-order valence-electron chi connectivity index (χ0n) is 12.5. The highest BCUT2D eigenvalue weighted by atomic mass is 127. The summed E-state index contributed by atoms with van der Waals surface area (Å²) in [6.07, 6.45) is 7.30. The molecule has 5 nitrogen and oxygen atoms in total. The third-order valence-corrected chi connectivity index (χ3v) is 2.92. The largest absolute Gasteiger partial charge is 0.356 e. The van der Waals surface area contributed by atoms with E-state index >= 15 is 0 Å². The monoisotopic (exact) mass is 415 g/mol. The quantitative estimate of drug-likeness (QED) is 0.297. The molecular weight excluding hydrogens is 391 g/mol. The van der Waals surface area contributed by atoms with Crippen molar-refractivity contribution in [2.75, 3.05) is 13.6 Å². The van der Waals surface area contributed by atoms with Crippen LogP contribution in [0.2, 0.25) is 0 Å². The van der Waals surface area contributed by atoms with Crippen LogP contribution in [0, 0.1) is 0 Å². The van der Waals surface area contributed by atoms with Crippen LogP contribution in [0.3, 0.4) is 0 Å². The van der Waals surface area contributed by atoms with Gasteiger partial charge in [0.25, 0.3) is 0 Å². The number of imidazole rings is 1. The molecular formula is C13H24F2IN5. The van der Waals surface area contributed by atoms with Gasteiger partial charge in [-0.25, -0.2) is 4.98 Å². The van der Waals surface area contributed by atoms with E-state index in [1.807, 2.05) is 0 Å². The number of halogens is 3. The molecule has 0 amide bonds. The van der Waals surface area contributed by atoms with Crippen LogP contribution in [-0.2, 0) is 6.54 Å². The summed E-state index contributed by atoms with van der Waals surface area (Å²) in [6.45, 7) is 0.631. The number of guanidine groups is 1. The summed E-state index contributed by atoms with van der Waals surface area (Å²) in [5.41, 5.74) is 0. The molecule has 0 fully saturated rings. The van der Waals surface area contributed by atoms with Crippen LogP contribution in [0.4, 0.5) is 8.78 Å². The van der Waals surface area contributed by atoms with Gasteiger partial charge in [-0.15, -0.1) is 24.0 Å². The molecule has 1 rings (SSSR count). The van der Waals surface area contributed by atoms with E-state index in [-0.39, 0.29) is 36.3 Å². The Morgan fingerprint density at radius 3 is 2.71 bits per heavy atom. The Labute approximate surface area is 141 Å². The number of hydrogen-bond donors (Lipinski definition) is 2. The minimum absolute atomic E-state index is 0. The first-order valence-electron chi connectivity index (χ1n) is 6.93. The second-order valence-corrected chi connectivity index (χ2v) is 4.44. The van der Waals surface area contributed by atoms with Gasteiger partial charge in [0, 0.05) is 26.0 Å². The number of nitrogens with zero attached hydrogens (tertiary/aromatic N) is 3. The molecule has 122 valence electrons. The SMILES string of the molecule is CCCCCCNC(=NC)NCc1nccn1C(F)F.I. The van der Waals surface area contributed by atoms with Gasteiger partial charge in [0.1, 0.15) is 5.82 Å². The molecule has 0 saturated heterocycles. The smallest absolute Gasteiger partial charge is 0.319 e. The van der Waals surface area contributed by atoms with Gasteiger partial charge in [0.05, 0.1) is 6.54 Å². The van der Waals surface area contributed by atoms with Gasteiger partial charge in [-0.05, 0) is 6.42 Å². The third kappa shape index (κ3) is 7.58. The molecule has 8 heteroatoms. The van der Waals surface area contributed by atoms with Gasteiger partial charge in [-0.3, -0.25) is 9.56 Å². The zero-order chi connectivity index (χ0) is 14.8. The summed E-state index contributed by atoms with van der Waals surface area (Å²) in [7, 11) is 1.65. The summed E-state index contributed by atoms with van der Waals surface area (Å²) in [6, 6.07) is 0. The second-order valence-electron chi connectivity index (χ2n) is 4.44. The Bertz CT molecular complexity index is 409. The highest BCUT2D eigenvalue weighted by molar-refractivity contribution is 14.0. The van der Waals surface area contributed by atoms with Crippen molar-refractivity contribution in [2.45, 2.75) is 45.7 Å². The average Bonchev–Trinajstić information content (AvgIpc) is 2.90. The predicted molar refractivity (Wildman–Crippen MR) is 91.2 cm³/mol. The van der Waals surface area contributed by atoms with E-state index in [9.17, 15) is 8.78 Å². The van der Waals surface area contributed by atoms with Crippen molar-refractivity contribution < 1.29 is 8.78 Å². The number of aliphatic imine (C=N–C) groups is 1. The van der Waals surface area contributed by atoms with Crippen LogP contribution in [0.1, 0.15) is 45.0 Å². The lowest BCUT2D eigenvalue weighted by Gasteiger charge is -2.12. The minimum Gasteiger partial charge on any atom is -0.356 e. The maximum absolute atomic E-state index is 12.6. The topological polar surface area (TPSA) is 54.2 Å². The fourth-order valence-corrected chi connectivity index (χ4v) is 1.80. The fourth-order valence-electron chi connectivity index (χ4n) is 1.80. The Morgan fingerprint density at radius 1 is 1.33 bits per heavy atom. The Balaban J connectivity index is 0.00000400. The Hall–Kier alpha value is -0.930. The standard InChI is InChI=1S/C13H23F2N5.HI/c1-3-4-5-6-7-18-13(16-2)19-10-11-17-8-9-20(11)12(14)15;/h8-9,12H,3-7,10H2,1-2H3,(H2,16,18,19);1H. The maximum Gasteiger partial charge on any atom is 0.319 e. The van der Waals surface area contributed by atoms with Gasteiger partial charge in [-0.1, -0.05) is 26.2 Å². The minimum atomic E-state index is -2.57. The molecule has 1 aromatic heterocycles. The predicted octanol–water partition coefficient (Wildman–Crippen LogP) is 3.14. The van der Waals surface area contributed by atoms with Crippen molar-refractivity contribution in [3.8, 4) is 0 Å². The van der Waals surface area contributed by atoms with E-state index in [0.29, 0.717) is 5.96 Å². The normalized spacial score (nSPS) is 11.4. The molecule has 2 N–H and O–H groups in total. The molecule has 0 aliphatic rings. The average molecular weight is 415 g/mol. The van der Waals surface area contributed by atoms with Crippen molar-refractivity contribution in [3.05, 3.63) is 18.2 Å². The molecule has 0 aromatic carbocycles. The first-order chi connectivity index (χ1) is 9.69. The number of alkyl halides is 2. The maximum atomic E-state index is 12.6. The van der Waals surface area contributed by atoms with Gasteiger partial charge in [0.2, 0.25) is 0 Å². The third-order valence-electron chi connectivity index (χ3n) is 2.92. The van der Waals surface area contributed by atoms with E-state index in [4.69, 9.17) is 0 Å². The molecule has 0 unspecified atom stereocenters. The fraction of sp³-hybridized carbons (Fsp3) is 0.692. The number of rotatable bonds is 8. The number of hydrogen-bond acceptors (Lipinski definition) is 2. The molecule has 0 aliphatic carbocycles. The highest BCUT2D eigenvalue weighted by Crippen LogP contribution is 2.11. The van der Waals surface area contributed by atoms with Gasteiger partial charge < -0.3 is 10.6 Å². The highest BCUT2D eigenvalue weighted by Gasteiger charge is 2.11. The van der Waals surface area contributed by atoms with Crippen molar-refractivity contribution in [1.82, 2.24) is 20.2 Å². The molecule has 21 heavy (non-hydrogen) atoms. The lowest BCUT2D eigenvalue weighted by molar-refractivity contribution is 0.0668. The first-order valence-corrected chi connectivity index (χ1v) is 6.93. The van der Waals surface area contributed by atoms with Crippen LogP contribution >= 0.6 is 24.0 Å². The summed E-state index contributed by atoms with van der Waals surface area (Å²) in [5, 5.41) is 6.13. The van der Waals surface area contributed by atoms with Crippen LogP contribution in [0.5, 0.6) is 0 Å². The number of nitrogens with one attached hydrogen (secondary N) is 2. The molecule has 0 aliphatic heterocycles. The summed E-state index contributed by atoms with van der Waals surface area (Å²) < 4.78 is 26.1. The Morgan fingerprint density at radius 2 is 2.10 bits per heavy atom. The Kier molecular flexibility index (Phi) is 11.2. The molecule has 0 spiro atoms. The van der Waals surface area contributed by atoms with E-state index in [2.05, 4.69) is 27.5 Å². The van der Waals surface area contributed by atoms with Crippen LogP contribution in [-0.4, -0.2) is 29.1 Å². The van der Waals surface area contributed by atoms with Crippen LogP contribution in [0.15, 0.2) is 17.4 Å². The number of aromatic nitrogens is 2. The van der Waals surface area contributed by atoms with Crippen molar-refractivity contribution in [3.63, 3.8) is 0 Å². The van der Waals surface area contributed by atoms with Crippen LogP contribution in [0.25, 0.3) is 0 Å². The van der Waals surface area contributed by atoms with Gasteiger partial charge >= 0.3 is 6.55 Å². The summed E-state index contributed by atoms with van der Waals surface area (Å²) in [5.74, 6) is 0.888. The van der Waals surface area contributed by atoms with E-state index in [0.717, 1.165) is 17.5 Å². The van der Waals surface area contributed by atoms with Crippen LogP contribution < -0.4 is 10.6 Å². The summed E-state index contributed by atoms with van der Waals surface area (Å²) >= 11 is 0. The van der Waals surface area contributed by atoms with E-state index in [1.54, 1.807) is 7.05 Å². The lowest BCUT2D eigenvalue weighted by Crippen LogP contribution is -2.37. The van der Waals surface area contributed by atoms with E-state index < -0.39 is 6.55 Å².